The Hall–Kier alpha value is -4.25. The van der Waals surface area contributed by atoms with E-state index >= 15 is 0 Å². The maximum absolute atomic E-state index is 13.4. The number of rotatable bonds is 13. The average Bonchev–Trinajstić information content (AvgIpc) is 2.97. The molecule has 1 aliphatic rings. The normalized spacial score (nSPS) is 15.4. The fourth-order valence-electron chi connectivity index (χ4n) is 5.17. The number of non-ortho nitro benzene ring substituents is 1. The summed E-state index contributed by atoms with van der Waals surface area (Å²) < 4.78 is 5.51. The van der Waals surface area contributed by atoms with Gasteiger partial charge in [0.25, 0.3) is 5.69 Å². The van der Waals surface area contributed by atoms with E-state index in [0.29, 0.717) is 25.1 Å². The Morgan fingerprint density at radius 1 is 1.15 bits per heavy atom. The number of carbonyl (C=O) groups is 3. The van der Waals surface area contributed by atoms with Crippen LogP contribution in [-0.4, -0.2) is 88.5 Å². The molecule has 41 heavy (non-hydrogen) atoms. The molecule has 1 saturated heterocycles. The minimum atomic E-state index is -1.06. The molecule has 11 heteroatoms. The van der Waals surface area contributed by atoms with Gasteiger partial charge in [0.05, 0.1) is 10.3 Å². The van der Waals surface area contributed by atoms with Gasteiger partial charge in [-0.2, -0.15) is 0 Å². The van der Waals surface area contributed by atoms with Gasteiger partial charge < -0.3 is 24.5 Å². The van der Waals surface area contributed by atoms with E-state index < -0.39 is 22.4 Å². The number of likely N-dealkylation sites (N-methyl/N-ethyl adjacent to an activating group) is 1. The lowest BCUT2D eigenvalue weighted by atomic mass is 9.77. The fourth-order valence-corrected chi connectivity index (χ4v) is 5.17. The molecule has 2 aromatic rings. The molecule has 1 N–H and O–H groups in total. The largest absolute Gasteiger partial charge is 0.480 e. The van der Waals surface area contributed by atoms with E-state index in [0.717, 1.165) is 31.5 Å². The Morgan fingerprint density at radius 3 is 2.34 bits per heavy atom. The van der Waals surface area contributed by atoms with Crippen molar-refractivity contribution in [2.75, 3.05) is 39.8 Å². The zero-order chi connectivity index (χ0) is 30.0. The summed E-state index contributed by atoms with van der Waals surface area (Å²) >= 11 is 0. The minimum absolute atomic E-state index is 0.00569. The van der Waals surface area contributed by atoms with Crippen molar-refractivity contribution >= 4 is 23.7 Å². The van der Waals surface area contributed by atoms with Crippen molar-refractivity contribution < 1.29 is 29.2 Å². The van der Waals surface area contributed by atoms with Crippen LogP contribution in [0.1, 0.15) is 37.3 Å². The van der Waals surface area contributed by atoms with E-state index in [1.54, 1.807) is 23.1 Å². The molecule has 2 amide bonds. The Kier molecular flexibility index (Phi) is 11.0. The van der Waals surface area contributed by atoms with Crippen LogP contribution in [0.15, 0.2) is 67.3 Å². The van der Waals surface area contributed by atoms with Crippen molar-refractivity contribution in [2.45, 2.75) is 44.2 Å². The first-order valence-electron chi connectivity index (χ1n) is 13.6. The molecule has 0 aliphatic carbocycles. The lowest BCUT2D eigenvalue weighted by Crippen LogP contribution is -2.50. The summed E-state index contributed by atoms with van der Waals surface area (Å²) in [6.45, 7) is 7.68. The predicted molar refractivity (Wildman–Crippen MR) is 153 cm³/mol. The predicted octanol–water partition coefficient (Wildman–Crippen LogP) is 4.07. The van der Waals surface area contributed by atoms with Gasteiger partial charge in [-0.05, 0) is 56.0 Å². The minimum Gasteiger partial charge on any atom is -0.480 e. The van der Waals surface area contributed by atoms with Crippen LogP contribution in [0.25, 0.3) is 0 Å². The molecule has 220 valence electrons. The topological polar surface area (TPSA) is 134 Å². The second-order valence-electron chi connectivity index (χ2n) is 10.5. The molecular weight excluding hydrogens is 528 g/mol. The second kappa shape index (κ2) is 14.4. The van der Waals surface area contributed by atoms with Gasteiger partial charge in [-0.3, -0.25) is 19.7 Å². The van der Waals surface area contributed by atoms with Gasteiger partial charge in [0.2, 0.25) is 5.91 Å². The molecule has 1 aliphatic heterocycles. The highest BCUT2D eigenvalue weighted by Gasteiger charge is 2.38. The lowest BCUT2D eigenvalue weighted by Gasteiger charge is -2.39. The quantitative estimate of drug-likeness (QED) is 0.218. The molecule has 0 spiro atoms. The molecule has 1 atom stereocenters. The first-order valence-corrected chi connectivity index (χ1v) is 13.6. The Balaban J connectivity index is 1.58. The summed E-state index contributed by atoms with van der Waals surface area (Å²) in [5, 5.41) is 20.1. The fraction of sp³-hybridized carbons (Fsp3) is 0.433. The third-order valence-electron chi connectivity index (χ3n) is 7.60. The van der Waals surface area contributed by atoms with Crippen molar-refractivity contribution in [2.24, 2.45) is 0 Å². The van der Waals surface area contributed by atoms with Crippen LogP contribution in [0.4, 0.5) is 10.5 Å². The summed E-state index contributed by atoms with van der Waals surface area (Å²) in [5.41, 5.74) is 0.576. The van der Waals surface area contributed by atoms with Crippen molar-refractivity contribution in [1.82, 2.24) is 14.7 Å². The van der Waals surface area contributed by atoms with Crippen LogP contribution < -0.4 is 0 Å². The number of carboxylic acids is 1. The number of nitro groups is 1. The average molecular weight is 567 g/mol. The highest BCUT2D eigenvalue weighted by Crippen LogP contribution is 2.31. The van der Waals surface area contributed by atoms with E-state index in [9.17, 15) is 29.6 Å². The molecule has 0 bridgehead atoms. The number of likely N-dealkylation sites (tertiary alicyclic amines) is 1. The van der Waals surface area contributed by atoms with Gasteiger partial charge >= 0.3 is 12.1 Å². The number of nitrogens with zero attached hydrogens (tertiary/aromatic N) is 4. The SMILES string of the molecule is C=CCN(C(=O)OCc1ccc([N+](=O)[O-])cc1)C1CCN(CCC(C)(C(=O)N(C)CC(=O)O)c2ccccc2)CC1. The molecule has 0 aromatic heterocycles. The van der Waals surface area contributed by atoms with Crippen LogP contribution >= 0.6 is 0 Å². The summed E-state index contributed by atoms with van der Waals surface area (Å²) in [7, 11) is 1.51. The van der Waals surface area contributed by atoms with E-state index in [1.165, 1.54) is 24.1 Å². The van der Waals surface area contributed by atoms with E-state index in [4.69, 9.17) is 4.74 Å². The van der Waals surface area contributed by atoms with Crippen LogP contribution in [0.2, 0.25) is 0 Å². The molecular formula is C30H38N4O7. The van der Waals surface area contributed by atoms with Gasteiger partial charge in [-0.1, -0.05) is 36.4 Å². The molecule has 2 aromatic carbocycles. The summed E-state index contributed by atoms with van der Waals surface area (Å²) in [5.74, 6) is -1.30. The van der Waals surface area contributed by atoms with E-state index in [2.05, 4.69) is 11.5 Å². The maximum Gasteiger partial charge on any atom is 0.410 e. The first kappa shape index (κ1) is 31.3. The number of benzene rings is 2. The van der Waals surface area contributed by atoms with Crippen LogP contribution in [0, 0.1) is 10.1 Å². The Labute approximate surface area is 240 Å². The second-order valence-corrected chi connectivity index (χ2v) is 10.5. The number of aliphatic carboxylic acids is 1. The maximum atomic E-state index is 13.4. The smallest absolute Gasteiger partial charge is 0.410 e. The van der Waals surface area contributed by atoms with Crippen LogP contribution in [0.5, 0.6) is 0 Å². The number of hydrogen-bond acceptors (Lipinski definition) is 7. The van der Waals surface area contributed by atoms with Crippen LogP contribution in [-0.2, 0) is 26.3 Å². The highest BCUT2D eigenvalue weighted by molar-refractivity contribution is 5.90. The van der Waals surface area contributed by atoms with Crippen molar-refractivity contribution in [3.05, 3.63) is 88.5 Å². The number of amides is 2. The van der Waals surface area contributed by atoms with Crippen molar-refractivity contribution in [3.8, 4) is 0 Å². The molecule has 11 nitrogen and oxygen atoms in total. The van der Waals surface area contributed by atoms with Crippen LogP contribution in [0.3, 0.4) is 0 Å². The third kappa shape index (κ3) is 8.37. The Morgan fingerprint density at radius 2 is 1.78 bits per heavy atom. The number of hydrogen-bond donors (Lipinski definition) is 1. The molecule has 3 rings (SSSR count). The number of ether oxygens (including phenoxy) is 1. The molecule has 1 heterocycles. The number of carboxylic acid groups (broad SMARTS) is 1. The van der Waals surface area contributed by atoms with Gasteiger partial charge in [-0.15, -0.1) is 6.58 Å². The van der Waals surface area contributed by atoms with Crippen molar-refractivity contribution in [3.63, 3.8) is 0 Å². The van der Waals surface area contributed by atoms with Gasteiger partial charge in [0, 0.05) is 44.9 Å². The summed E-state index contributed by atoms with van der Waals surface area (Å²) in [4.78, 5) is 53.2. The zero-order valence-corrected chi connectivity index (χ0v) is 23.6. The number of carbonyl (C=O) groups excluding carboxylic acids is 2. The molecule has 1 unspecified atom stereocenters. The first-order chi connectivity index (χ1) is 19.5. The zero-order valence-electron chi connectivity index (χ0n) is 23.6. The van der Waals surface area contributed by atoms with E-state index in [-0.39, 0.29) is 30.8 Å². The van der Waals surface area contributed by atoms with Gasteiger partial charge in [0.1, 0.15) is 13.2 Å². The van der Waals surface area contributed by atoms with Gasteiger partial charge in [-0.25, -0.2) is 4.79 Å². The molecule has 0 saturated carbocycles. The molecule has 0 radical (unpaired) electrons. The highest BCUT2D eigenvalue weighted by atomic mass is 16.6. The van der Waals surface area contributed by atoms with Gasteiger partial charge in [0.15, 0.2) is 0 Å². The lowest BCUT2D eigenvalue weighted by molar-refractivity contribution is -0.384. The van der Waals surface area contributed by atoms with Crippen molar-refractivity contribution in [1.29, 1.82) is 0 Å². The number of piperidine rings is 1. The third-order valence-corrected chi connectivity index (χ3v) is 7.60. The standard InChI is InChI=1S/C30H38N4O7/c1-4-17-33(29(38)41-22-23-10-12-26(13-11-23)34(39)40)25-14-18-32(19-15-25)20-16-30(2,24-8-6-5-7-9-24)28(37)31(3)21-27(35)36/h4-13,25H,1,14-22H2,2-3H3,(H,35,36). The number of nitro benzene ring substituents is 1. The molecule has 1 fully saturated rings. The monoisotopic (exact) mass is 566 g/mol. The summed E-state index contributed by atoms with van der Waals surface area (Å²) in [6.07, 6.45) is 3.14. The summed E-state index contributed by atoms with van der Waals surface area (Å²) in [6, 6.07) is 15.3. The Bertz CT molecular complexity index is 1210. The van der Waals surface area contributed by atoms with E-state index in [1.807, 2.05) is 37.3 Å².